The Morgan fingerprint density at radius 2 is 1.88 bits per heavy atom. The Kier molecular flexibility index (Phi) is 6.68. The van der Waals surface area contributed by atoms with Gasteiger partial charge in [-0.3, -0.25) is 9.59 Å². The highest BCUT2D eigenvalue weighted by molar-refractivity contribution is 5.91. The molecule has 1 atom stereocenters. The van der Waals surface area contributed by atoms with Gasteiger partial charge >= 0.3 is 0 Å². The molecule has 0 aliphatic carbocycles. The number of furan rings is 1. The summed E-state index contributed by atoms with van der Waals surface area (Å²) in [5.41, 5.74) is -0.0407. The number of benzene rings is 1. The monoisotopic (exact) mass is 350 g/mol. The van der Waals surface area contributed by atoms with Crippen LogP contribution in [0.3, 0.4) is 0 Å². The predicted molar refractivity (Wildman–Crippen MR) is 87.9 cm³/mol. The number of hydrogen-bond acceptors (Lipinski definition) is 3. The van der Waals surface area contributed by atoms with Crippen molar-refractivity contribution in [1.29, 1.82) is 0 Å². The minimum atomic E-state index is -0.623. The Labute approximate surface area is 144 Å². The number of carbonyl (C=O) groups excluding carboxylic acids is 2. The van der Waals surface area contributed by atoms with Crippen molar-refractivity contribution in [3.05, 3.63) is 59.6 Å². The topological polar surface area (TPSA) is 71.3 Å². The Balaban J connectivity index is 1.68. The van der Waals surface area contributed by atoms with Gasteiger partial charge in [-0.15, -0.1) is 0 Å². The summed E-state index contributed by atoms with van der Waals surface area (Å²) in [6.45, 7) is 2.01. The molecule has 1 heterocycles. The quantitative estimate of drug-likeness (QED) is 0.719. The predicted octanol–water partition coefficient (Wildman–Crippen LogP) is 2.82. The molecule has 2 rings (SSSR count). The number of amides is 2. The van der Waals surface area contributed by atoms with E-state index in [1.54, 1.807) is 19.1 Å². The summed E-state index contributed by atoms with van der Waals surface area (Å²) in [5.74, 6) is -1.61. The Bertz CT molecular complexity index is 697. The summed E-state index contributed by atoms with van der Waals surface area (Å²) in [4.78, 5) is 23.5. The summed E-state index contributed by atoms with van der Waals surface area (Å²) in [5, 5.41) is 5.33. The first-order chi connectivity index (χ1) is 12.0. The molecule has 0 saturated heterocycles. The smallest absolute Gasteiger partial charge is 0.286 e. The first-order valence-corrected chi connectivity index (χ1v) is 8.01. The van der Waals surface area contributed by atoms with Gasteiger partial charge in [-0.2, -0.15) is 0 Å². The highest BCUT2D eigenvalue weighted by atomic mass is 19.1. The second kappa shape index (κ2) is 8.96. The molecule has 5 nitrogen and oxygen atoms in total. The molecule has 1 aromatic heterocycles. The van der Waals surface area contributed by atoms with Crippen LogP contribution in [0.15, 0.2) is 41.0 Å². The normalized spacial score (nSPS) is 11.8. The van der Waals surface area contributed by atoms with Crippen LogP contribution in [0.4, 0.5) is 8.78 Å². The zero-order chi connectivity index (χ0) is 18.2. The highest BCUT2D eigenvalue weighted by Gasteiger charge is 2.14. The van der Waals surface area contributed by atoms with Crippen LogP contribution in [0.1, 0.15) is 35.9 Å². The number of hydrogen-bond donors (Lipinski definition) is 2. The molecule has 0 spiro atoms. The molecule has 0 bridgehead atoms. The molecule has 2 aromatic rings. The summed E-state index contributed by atoms with van der Waals surface area (Å²) in [6.07, 6.45) is 2.11. The third kappa shape index (κ3) is 5.70. The third-order valence-electron chi connectivity index (χ3n) is 3.59. The molecule has 0 aliphatic heterocycles. The fourth-order valence-electron chi connectivity index (χ4n) is 2.38. The van der Waals surface area contributed by atoms with Crippen LogP contribution in [-0.4, -0.2) is 24.4 Å². The van der Waals surface area contributed by atoms with Crippen LogP contribution in [0.25, 0.3) is 0 Å². The largest absolute Gasteiger partial charge is 0.459 e. The van der Waals surface area contributed by atoms with Gasteiger partial charge in [-0.25, -0.2) is 8.78 Å². The summed E-state index contributed by atoms with van der Waals surface area (Å²) < 4.78 is 32.1. The van der Waals surface area contributed by atoms with Crippen molar-refractivity contribution in [1.82, 2.24) is 10.6 Å². The van der Waals surface area contributed by atoms with Gasteiger partial charge in [0.15, 0.2) is 5.76 Å². The van der Waals surface area contributed by atoms with E-state index >= 15 is 0 Å². The van der Waals surface area contributed by atoms with Crippen LogP contribution in [0, 0.1) is 11.6 Å². The van der Waals surface area contributed by atoms with E-state index in [9.17, 15) is 18.4 Å². The zero-order valence-corrected chi connectivity index (χ0v) is 13.9. The lowest BCUT2D eigenvalue weighted by Crippen LogP contribution is -2.35. The first-order valence-electron chi connectivity index (χ1n) is 8.01. The van der Waals surface area contributed by atoms with Gasteiger partial charge in [0, 0.05) is 24.6 Å². The molecule has 7 heteroatoms. The van der Waals surface area contributed by atoms with E-state index in [1.165, 1.54) is 24.5 Å². The van der Waals surface area contributed by atoms with Gasteiger partial charge in [0.05, 0.1) is 6.26 Å². The molecular weight excluding hydrogens is 330 g/mol. The lowest BCUT2D eigenvalue weighted by molar-refractivity contribution is -0.121. The van der Waals surface area contributed by atoms with Crippen LogP contribution in [0.2, 0.25) is 0 Å². The van der Waals surface area contributed by atoms with Crippen molar-refractivity contribution in [2.75, 3.05) is 6.54 Å². The lowest BCUT2D eigenvalue weighted by atomic mass is 10.1. The fraction of sp³-hybridized carbons (Fsp3) is 0.333. The van der Waals surface area contributed by atoms with Gasteiger partial charge in [0.1, 0.15) is 11.6 Å². The van der Waals surface area contributed by atoms with E-state index in [2.05, 4.69) is 10.6 Å². The lowest BCUT2D eigenvalue weighted by Gasteiger charge is -2.15. The van der Waals surface area contributed by atoms with Gasteiger partial charge < -0.3 is 15.1 Å². The van der Waals surface area contributed by atoms with Gasteiger partial charge in [0.2, 0.25) is 5.91 Å². The van der Waals surface area contributed by atoms with Crippen LogP contribution >= 0.6 is 0 Å². The maximum absolute atomic E-state index is 13.6. The molecule has 1 aromatic carbocycles. The third-order valence-corrected chi connectivity index (χ3v) is 3.59. The standard InChI is InChI=1S/C18H20F2N2O3/c1-12(11-13-14(19)5-2-6-15(13)20)22-17(23)8-3-9-21-18(24)16-7-4-10-25-16/h2,4-7,10,12H,3,8-9,11H2,1H3,(H,21,24)(H,22,23). The average molecular weight is 350 g/mol. The van der Waals surface area contributed by atoms with E-state index in [0.29, 0.717) is 13.0 Å². The molecule has 0 saturated carbocycles. The van der Waals surface area contributed by atoms with Crippen molar-refractivity contribution in [3.63, 3.8) is 0 Å². The average Bonchev–Trinajstić information content (AvgIpc) is 3.09. The first kappa shape index (κ1) is 18.6. The maximum atomic E-state index is 13.6. The molecule has 0 radical (unpaired) electrons. The molecule has 1 unspecified atom stereocenters. The van der Waals surface area contributed by atoms with E-state index in [-0.39, 0.29) is 36.0 Å². The zero-order valence-electron chi connectivity index (χ0n) is 13.9. The Morgan fingerprint density at radius 3 is 2.52 bits per heavy atom. The van der Waals surface area contributed by atoms with Crippen molar-refractivity contribution in [2.45, 2.75) is 32.2 Å². The van der Waals surface area contributed by atoms with Crippen molar-refractivity contribution >= 4 is 11.8 Å². The molecule has 2 N–H and O–H groups in total. The van der Waals surface area contributed by atoms with Gasteiger partial charge in [0.25, 0.3) is 5.91 Å². The van der Waals surface area contributed by atoms with Crippen molar-refractivity contribution in [2.24, 2.45) is 0 Å². The molecule has 0 fully saturated rings. The second-order valence-corrected chi connectivity index (χ2v) is 5.71. The van der Waals surface area contributed by atoms with E-state index in [1.807, 2.05) is 0 Å². The summed E-state index contributed by atoms with van der Waals surface area (Å²) in [6, 6.07) is 6.43. The number of carbonyl (C=O) groups is 2. The Morgan fingerprint density at radius 1 is 1.16 bits per heavy atom. The number of halogens is 2. The molecule has 134 valence electrons. The second-order valence-electron chi connectivity index (χ2n) is 5.71. The number of nitrogens with one attached hydrogen (secondary N) is 2. The van der Waals surface area contributed by atoms with Gasteiger partial charge in [-0.1, -0.05) is 6.07 Å². The van der Waals surface area contributed by atoms with Crippen molar-refractivity contribution in [3.8, 4) is 0 Å². The summed E-state index contributed by atoms with van der Waals surface area (Å²) >= 11 is 0. The highest BCUT2D eigenvalue weighted by Crippen LogP contribution is 2.14. The minimum absolute atomic E-state index is 0.0407. The Hall–Kier alpha value is -2.70. The fourth-order valence-corrected chi connectivity index (χ4v) is 2.38. The minimum Gasteiger partial charge on any atom is -0.459 e. The summed E-state index contributed by atoms with van der Waals surface area (Å²) in [7, 11) is 0. The van der Waals surface area contributed by atoms with Crippen LogP contribution < -0.4 is 10.6 Å². The molecular formula is C18H20F2N2O3. The number of rotatable bonds is 8. The van der Waals surface area contributed by atoms with Crippen LogP contribution in [0.5, 0.6) is 0 Å². The van der Waals surface area contributed by atoms with Gasteiger partial charge in [-0.05, 0) is 44.0 Å². The van der Waals surface area contributed by atoms with Crippen molar-refractivity contribution < 1.29 is 22.8 Å². The maximum Gasteiger partial charge on any atom is 0.286 e. The van der Waals surface area contributed by atoms with E-state index in [0.717, 1.165) is 0 Å². The van der Waals surface area contributed by atoms with E-state index in [4.69, 9.17) is 4.42 Å². The molecule has 0 aliphatic rings. The SMILES string of the molecule is CC(Cc1c(F)cccc1F)NC(=O)CCCNC(=O)c1ccco1. The van der Waals surface area contributed by atoms with E-state index < -0.39 is 17.7 Å². The van der Waals surface area contributed by atoms with Crippen LogP contribution in [-0.2, 0) is 11.2 Å². The molecule has 25 heavy (non-hydrogen) atoms. The molecule has 2 amide bonds.